The van der Waals surface area contributed by atoms with Crippen molar-refractivity contribution in [3.05, 3.63) is 74.7 Å². The van der Waals surface area contributed by atoms with Crippen LogP contribution in [0.25, 0.3) is 16.8 Å². The Balaban J connectivity index is 1.47. The molecule has 5 rings (SSSR count). The number of anilines is 2. The number of hydrogen-bond acceptors (Lipinski definition) is 5. The second kappa shape index (κ2) is 12.9. The third-order valence-electron chi connectivity index (χ3n) is 6.61. The molecule has 41 heavy (non-hydrogen) atoms. The summed E-state index contributed by atoms with van der Waals surface area (Å²) < 4.78 is 38.7. The Morgan fingerprint density at radius 1 is 1.17 bits per heavy atom. The van der Waals surface area contributed by atoms with Gasteiger partial charge in [0, 0.05) is 34.2 Å². The van der Waals surface area contributed by atoms with Crippen LogP contribution in [0.5, 0.6) is 5.75 Å². The van der Waals surface area contributed by atoms with Gasteiger partial charge in [-0.25, -0.2) is 9.78 Å². The average molecular weight is 695 g/mol. The van der Waals surface area contributed by atoms with Crippen molar-refractivity contribution in [3.8, 4) is 17.0 Å². The maximum absolute atomic E-state index is 13.0. The summed E-state index contributed by atoms with van der Waals surface area (Å²) in [6.07, 6.45) is 7.73. The topological polar surface area (TPSA) is 105 Å². The van der Waals surface area contributed by atoms with Gasteiger partial charge in [0.1, 0.15) is 11.6 Å². The first-order valence-electron chi connectivity index (χ1n) is 12.8. The molecular formula is C29H26ClF2IN4O4. The van der Waals surface area contributed by atoms with Gasteiger partial charge >= 0.3 is 12.7 Å². The highest BCUT2D eigenvalue weighted by atomic mass is 127. The van der Waals surface area contributed by atoms with E-state index >= 15 is 0 Å². The molecule has 0 fully saturated rings. The number of ether oxygens (including phenoxy) is 2. The van der Waals surface area contributed by atoms with Gasteiger partial charge in [0.05, 0.1) is 24.7 Å². The molecule has 8 nitrogen and oxygen atoms in total. The van der Waals surface area contributed by atoms with Crippen molar-refractivity contribution in [1.82, 2.24) is 9.97 Å². The van der Waals surface area contributed by atoms with Crippen molar-refractivity contribution < 1.29 is 27.8 Å². The van der Waals surface area contributed by atoms with E-state index in [0.717, 1.165) is 35.5 Å². The van der Waals surface area contributed by atoms with Crippen molar-refractivity contribution in [2.24, 2.45) is 0 Å². The minimum absolute atomic E-state index is 0.00736. The normalized spacial score (nSPS) is 17.1. The Hall–Kier alpha value is -3.58. The van der Waals surface area contributed by atoms with E-state index in [1.807, 2.05) is 12.2 Å². The number of fused-ring (bicyclic) bond motifs is 4. The van der Waals surface area contributed by atoms with Gasteiger partial charge in [0.2, 0.25) is 5.91 Å². The molecule has 3 heterocycles. The summed E-state index contributed by atoms with van der Waals surface area (Å²) in [6, 6.07) is 9.83. The summed E-state index contributed by atoms with van der Waals surface area (Å²) in [6.45, 7) is -2.94. The monoisotopic (exact) mass is 694 g/mol. The predicted octanol–water partition coefficient (Wildman–Crippen LogP) is 7.86. The molecule has 0 aliphatic carbocycles. The molecule has 3 N–H and O–H groups in total. The lowest BCUT2D eigenvalue weighted by Crippen LogP contribution is -2.14. The lowest BCUT2D eigenvalue weighted by molar-refractivity contribution is -0.116. The fraction of sp³-hybridized carbons (Fsp3) is 0.241. The van der Waals surface area contributed by atoms with E-state index in [1.54, 1.807) is 30.5 Å². The summed E-state index contributed by atoms with van der Waals surface area (Å²) >= 11 is 5.54. The lowest BCUT2D eigenvalue weighted by atomic mass is 9.98. The van der Waals surface area contributed by atoms with Gasteiger partial charge < -0.3 is 19.8 Å². The number of amides is 2. The summed E-state index contributed by atoms with van der Waals surface area (Å²) in [5, 5.41) is 6.02. The van der Waals surface area contributed by atoms with Gasteiger partial charge in [-0.15, -0.1) is 0 Å². The molecule has 2 aromatic carbocycles. The number of nitrogens with zero attached hydrogens (tertiary/aromatic N) is 1. The first kappa shape index (κ1) is 28.9. The number of hydrogen-bond donors (Lipinski definition) is 3. The van der Waals surface area contributed by atoms with E-state index in [-0.39, 0.29) is 17.6 Å². The molecule has 2 aliphatic heterocycles. The molecule has 3 aromatic rings. The Morgan fingerprint density at radius 2 is 2.02 bits per heavy atom. The van der Waals surface area contributed by atoms with Crippen LogP contribution in [0.2, 0.25) is 5.02 Å². The molecule has 12 heteroatoms. The average Bonchev–Trinajstić information content (AvgIpc) is 3.43. The summed E-state index contributed by atoms with van der Waals surface area (Å²) in [4.78, 5) is 32.6. The highest BCUT2D eigenvalue weighted by Crippen LogP contribution is 2.41. The zero-order chi connectivity index (χ0) is 28.9. The molecule has 1 unspecified atom stereocenters. The third kappa shape index (κ3) is 7.02. The van der Waals surface area contributed by atoms with Crippen LogP contribution in [0.3, 0.4) is 0 Å². The van der Waals surface area contributed by atoms with Crippen LogP contribution in [0.4, 0.5) is 25.0 Å². The SMILES string of the molecule is COC(=O)Nc1ccc2c(c1)NC(=O)CCCCC(C1=CC=C(c3cc(Cl)ccc3OC(F)F)C=I1)c1ncc-2[nH]1. The molecule has 2 bridgehead atoms. The minimum Gasteiger partial charge on any atom is -0.453 e. The Kier molecular flexibility index (Phi) is 9.13. The number of carbonyl (C=O) groups is 2. The number of rotatable bonds is 5. The standard InChI is InChI=1S/C29H26ClF2IN4O4/c1-40-29(39)35-18-8-9-20-23(13-18)36-26(38)5-3-2-4-19(27-34-15-24(20)37-27)22-10-6-16(14-33-22)21-12-17(30)7-11-25(21)41-28(31)32/h6-15,19,28H,2-5H2,1H3,(H,34,37)(H,35,39)(H,36,38). The van der Waals surface area contributed by atoms with Crippen LogP contribution in [-0.2, 0) is 9.53 Å². The van der Waals surface area contributed by atoms with Crippen molar-refractivity contribution in [2.75, 3.05) is 17.7 Å². The minimum atomic E-state index is -2.94. The van der Waals surface area contributed by atoms with Crippen LogP contribution in [-0.4, -0.2) is 39.7 Å². The van der Waals surface area contributed by atoms with Crippen LogP contribution >= 0.6 is 32.3 Å². The maximum Gasteiger partial charge on any atom is 0.411 e. The molecule has 2 aliphatic rings. The van der Waals surface area contributed by atoms with Gasteiger partial charge in [0.15, 0.2) is 0 Å². The molecule has 2 amide bonds. The molecule has 214 valence electrons. The summed E-state index contributed by atoms with van der Waals surface area (Å²) in [5.41, 5.74) is 3.81. The number of benzene rings is 2. The number of nitrogens with one attached hydrogen (secondary N) is 3. The van der Waals surface area contributed by atoms with Gasteiger partial charge in [0.25, 0.3) is 0 Å². The number of aromatic nitrogens is 2. The van der Waals surface area contributed by atoms with E-state index in [4.69, 9.17) is 21.3 Å². The molecule has 1 aromatic heterocycles. The van der Waals surface area contributed by atoms with Gasteiger partial charge in [-0.2, -0.15) is 8.78 Å². The number of imidazole rings is 1. The zero-order valence-electron chi connectivity index (χ0n) is 21.8. The van der Waals surface area contributed by atoms with Gasteiger partial charge in [-0.3, -0.25) is 10.1 Å². The number of alkyl halides is 2. The predicted molar refractivity (Wildman–Crippen MR) is 164 cm³/mol. The van der Waals surface area contributed by atoms with Crippen LogP contribution in [0, 0.1) is 0 Å². The number of halogens is 4. The Labute approximate surface area is 249 Å². The molecule has 0 radical (unpaired) electrons. The van der Waals surface area contributed by atoms with Crippen molar-refractivity contribution in [2.45, 2.75) is 38.2 Å². The maximum atomic E-state index is 13.0. The Bertz CT molecular complexity index is 1570. The molecule has 0 saturated heterocycles. The first-order chi connectivity index (χ1) is 19.8. The fourth-order valence-corrected chi connectivity index (χ4v) is 7.50. The first-order valence-corrected chi connectivity index (χ1v) is 15.5. The zero-order valence-corrected chi connectivity index (χ0v) is 24.8. The number of H-pyrrole nitrogens is 1. The highest BCUT2D eigenvalue weighted by molar-refractivity contribution is 14.2. The second-order valence-corrected chi connectivity index (χ2v) is 12.2. The number of aromatic amines is 1. The van der Waals surface area contributed by atoms with Gasteiger partial charge in [-0.05, 0) is 62.4 Å². The third-order valence-corrected chi connectivity index (χ3v) is 9.66. The van der Waals surface area contributed by atoms with Crippen LogP contribution < -0.4 is 15.4 Å². The van der Waals surface area contributed by atoms with E-state index in [0.29, 0.717) is 34.8 Å². The highest BCUT2D eigenvalue weighted by Gasteiger charge is 2.23. The molecule has 0 spiro atoms. The van der Waals surface area contributed by atoms with Crippen LogP contribution in [0.15, 0.2) is 58.3 Å². The Morgan fingerprint density at radius 3 is 2.78 bits per heavy atom. The van der Waals surface area contributed by atoms with Crippen molar-refractivity contribution in [1.29, 1.82) is 0 Å². The smallest absolute Gasteiger partial charge is 0.411 e. The van der Waals surface area contributed by atoms with E-state index < -0.39 is 33.4 Å². The largest absolute Gasteiger partial charge is 0.453 e. The number of methoxy groups -OCH3 is 1. The quantitative estimate of drug-likeness (QED) is 0.236. The second-order valence-electron chi connectivity index (χ2n) is 9.32. The van der Waals surface area contributed by atoms with Crippen molar-refractivity contribution in [3.63, 3.8) is 0 Å². The molecule has 1 atom stereocenters. The fourth-order valence-electron chi connectivity index (χ4n) is 4.66. The molecular weight excluding hydrogens is 669 g/mol. The van der Waals surface area contributed by atoms with Gasteiger partial charge in [-0.1, -0.05) is 50.9 Å². The molecule has 0 saturated carbocycles. The van der Waals surface area contributed by atoms with Crippen molar-refractivity contribution >= 4 is 65.3 Å². The summed E-state index contributed by atoms with van der Waals surface area (Å²) in [7, 11) is 1.28. The van der Waals surface area contributed by atoms with E-state index in [9.17, 15) is 18.4 Å². The number of carbonyl (C=O) groups excluding carboxylic acids is 2. The van der Waals surface area contributed by atoms with E-state index in [1.165, 1.54) is 22.8 Å². The lowest BCUT2D eigenvalue weighted by Gasteiger charge is -2.19. The van der Waals surface area contributed by atoms with Crippen LogP contribution in [0.1, 0.15) is 43.0 Å². The summed E-state index contributed by atoms with van der Waals surface area (Å²) in [5.74, 6) is 0.784. The number of allylic oxidation sites excluding steroid dienone is 4. The van der Waals surface area contributed by atoms with E-state index in [2.05, 4.69) is 24.4 Å².